The standard InChI is InChI=1S/C20H29FN6O3/c1-4-17(20(30)22-10-9-14(2)3)26(11-12-28)18(29)13-27-24-19(23-25-27)15-5-7-16(21)8-6-15/h5-8,14,17,28H,4,9-13H2,1-3H3,(H,22,30)/t17-/m1/s1. The summed E-state index contributed by atoms with van der Waals surface area (Å²) in [5, 5.41) is 24.2. The molecule has 1 heterocycles. The van der Waals surface area contributed by atoms with Gasteiger partial charge >= 0.3 is 0 Å². The molecule has 1 atom stereocenters. The number of carbonyl (C=O) groups excluding carboxylic acids is 2. The summed E-state index contributed by atoms with van der Waals surface area (Å²) in [4.78, 5) is 27.9. The first-order valence-corrected chi connectivity index (χ1v) is 10.1. The van der Waals surface area contributed by atoms with Gasteiger partial charge in [0.1, 0.15) is 18.4 Å². The highest BCUT2D eigenvalue weighted by atomic mass is 19.1. The highest BCUT2D eigenvalue weighted by Gasteiger charge is 2.28. The van der Waals surface area contributed by atoms with Gasteiger partial charge in [0.2, 0.25) is 17.6 Å². The minimum atomic E-state index is -0.697. The number of rotatable bonds is 11. The fourth-order valence-electron chi connectivity index (χ4n) is 2.95. The lowest BCUT2D eigenvalue weighted by molar-refractivity contribution is -0.142. The van der Waals surface area contributed by atoms with Crippen LogP contribution in [0.1, 0.15) is 33.6 Å². The summed E-state index contributed by atoms with van der Waals surface area (Å²) in [6.45, 7) is 5.99. The Bertz CT molecular complexity index is 824. The lowest BCUT2D eigenvalue weighted by atomic mass is 10.1. The van der Waals surface area contributed by atoms with E-state index < -0.39 is 11.9 Å². The van der Waals surface area contributed by atoms with Crippen LogP contribution in [0.15, 0.2) is 24.3 Å². The van der Waals surface area contributed by atoms with Crippen LogP contribution in [-0.4, -0.2) is 67.8 Å². The predicted octanol–water partition coefficient (Wildman–Crippen LogP) is 1.24. The summed E-state index contributed by atoms with van der Waals surface area (Å²) in [6, 6.07) is 4.91. The summed E-state index contributed by atoms with van der Waals surface area (Å²) >= 11 is 0. The predicted molar refractivity (Wildman–Crippen MR) is 109 cm³/mol. The third-order valence-electron chi connectivity index (χ3n) is 4.58. The number of halogens is 1. The van der Waals surface area contributed by atoms with Crippen LogP contribution in [-0.2, 0) is 16.1 Å². The number of nitrogens with zero attached hydrogens (tertiary/aromatic N) is 5. The molecule has 0 unspecified atom stereocenters. The number of carbonyl (C=O) groups is 2. The van der Waals surface area contributed by atoms with Crippen LogP contribution >= 0.6 is 0 Å². The summed E-state index contributed by atoms with van der Waals surface area (Å²) < 4.78 is 13.1. The number of hydrogen-bond acceptors (Lipinski definition) is 6. The van der Waals surface area contributed by atoms with Crippen LogP contribution < -0.4 is 5.32 Å². The normalized spacial score (nSPS) is 12.1. The largest absolute Gasteiger partial charge is 0.395 e. The molecule has 9 nitrogen and oxygen atoms in total. The molecule has 2 amide bonds. The Hall–Kier alpha value is -2.88. The van der Waals surface area contributed by atoms with Gasteiger partial charge in [-0.15, -0.1) is 10.2 Å². The van der Waals surface area contributed by atoms with Crippen molar-refractivity contribution in [1.29, 1.82) is 0 Å². The van der Waals surface area contributed by atoms with E-state index in [0.29, 0.717) is 24.4 Å². The van der Waals surface area contributed by atoms with Crippen LogP contribution in [0.5, 0.6) is 0 Å². The number of aliphatic hydroxyl groups excluding tert-OH is 1. The van der Waals surface area contributed by atoms with E-state index in [1.807, 2.05) is 6.92 Å². The lowest BCUT2D eigenvalue weighted by Gasteiger charge is -2.29. The van der Waals surface area contributed by atoms with Crippen LogP contribution in [0.2, 0.25) is 0 Å². The highest BCUT2D eigenvalue weighted by Crippen LogP contribution is 2.14. The molecule has 2 aromatic rings. The highest BCUT2D eigenvalue weighted by molar-refractivity contribution is 5.87. The minimum absolute atomic E-state index is 0.0223. The number of nitrogens with one attached hydrogen (secondary N) is 1. The van der Waals surface area contributed by atoms with Gasteiger partial charge in [-0.05, 0) is 48.2 Å². The van der Waals surface area contributed by atoms with Gasteiger partial charge in [-0.3, -0.25) is 9.59 Å². The molecule has 0 fully saturated rings. The van der Waals surface area contributed by atoms with Crippen molar-refractivity contribution in [3.05, 3.63) is 30.1 Å². The van der Waals surface area contributed by atoms with E-state index in [0.717, 1.165) is 11.2 Å². The van der Waals surface area contributed by atoms with Crippen molar-refractivity contribution in [2.24, 2.45) is 5.92 Å². The monoisotopic (exact) mass is 420 g/mol. The topological polar surface area (TPSA) is 113 Å². The number of benzene rings is 1. The van der Waals surface area contributed by atoms with Gasteiger partial charge in [0.15, 0.2) is 0 Å². The zero-order valence-corrected chi connectivity index (χ0v) is 17.6. The summed E-state index contributed by atoms with van der Waals surface area (Å²) in [5.41, 5.74) is 0.568. The van der Waals surface area contributed by atoms with Crippen molar-refractivity contribution >= 4 is 11.8 Å². The minimum Gasteiger partial charge on any atom is -0.395 e. The quantitative estimate of drug-likeness (QED) is 0.566. The molecule has 10 heteroatoms. The first-order chi connectivity index (χ1) is 14.3. The van der Waals surface area contributed by atoms with E-state index in [1.165, 1.54) is 29.2 Å². The molecule has 0 saturated carbocycles. The van der Waals surface area contributed by atoms with Crippen LogP contribution in [0.4, 0.5) is 4.39 Å². The number of amides is 2. The average Bonchev–Trinajstić information content (AvgIpc) is 3.16. The number of hydrogen-bond donors (Lipinski definition) is 2. The summed E-state index contributed by atoms with van der Waals surface area (Å²) in [5.74, 6) is -0.320. The summed E-state index contributed by atoms with van der Waals surface area (Å²) in [6.07, 6.45) is 1.25. The van der Waals surface area contributed by atoms with Crippen molar-refractivity contribution in [1.82, 2.24) is 30.4 Å². The van der Waals surface area contributed by atoms with E-state index in [9.17, 15) is 19.1 Å². The fraction of sp³-hybridized carbons (Fsp3) is 0.550. The molecule has 1 aromatic carbocycles. The number of aliphatic hydroxyl groups is 1. The zero-order chi connectivity index (χ0) is 22.1. The maximum Gasteiger partial charge on any atom is 0.247 e. The molecule has 30 heavy (non-hydrogen) atoms. The molecule has 1 aromatic heterocycles. The Labute approximate surface area is 175 Å². The van der Waals surface area contributed by atoms with Crippen molar-refractivity contribution < 1.29 is 19.1 Å². The Balaban J connectivity index is 2.06. The van der Waals surface area contributed by atoms with Crippen molar-refractivity contribution in [2.75, 3.05) is 19.7 Å². The van der Waals surface area contributed by atoms with Crippen LogP contribution in [0.25, 0.3) is 11.4 Å². The van der Waals surface area contributed by atoms with E-state index in [2.05, 4.69) is 34.6 Å². The molecule has 164 valence electrons. The third-order valence-corrected chi connectivity index (χ3v) is 4.58. The fourth-order valence-corrected chi connectivity index (χ4v) is 2.95. The van der Waals surface area contributed by atoms with E-state index in [4.69, 9.17) is 0 Å². The Morgan fingerprint density at radius 1 is 1.27 bits per heavy atom. The molecule has 2 N–H and O–H groups in total. The zero-order valence-electron chi connectivity index (χ0n) is 17.6. The molecule has 0 aliphatic carbocycles. The van der Waals surface area contributed by atoms with Gasteiger partial charge in [0, 0.05) is 18.7 Å². The van der Waals surface area contributed by atoms with Crippen LogP contribution in [0, 0.1) is 11.7 Å². The number of tetrazole rings is 1. The van der Waals surface area contributed by atoms with Gasteiger partial charge in [-0.2, -0.15) is 4.80 Å². The average molecular weight is 420 g/mol. The van der Waals surface area contributed by atoms with Gasteiger partial charge in [0.05, 0.1) is 6.61 Å². The Morgan fingerprint density at radius 3 is 2.57 bits per heavy atom. The molecule has 0 bridgehead atoms. The molecule has 0 aliphatic rings. The molecule has 2 rings (SSSR count). The van der Waals surface area contributed by atoms with Gasteiger partial charge in [-0.1, -0.05) is 20.8 Å². The van der Waals surface area contributed by atoms with Gasteiger partial charge in [0.25, 0.3) is 0 Å². The third kappa shape index (κ3) is 6.58. The van der Waals surface area contributed by atoms with Gasteiger partial charge < -0.3 is 15.3 Å². The molecular weight excluding hydrogens is 391 g/mol. The molecular formula is C20H29FN6O3. The maximum atomic E-state index is 13.1. The Kier molecular flexibility index (Phi) is 8.85. The van der Waals surface area contributed by atoms with Crippen molar-refractivity contribution in [3.8, 4) is 11.4 Å². The van der Waals surface area contributed by atoms with Crippen molar-refractivity contribution in [3.63, 3.8) is 0 Å². The van der Waals surface area contributed by atoms with Crippen LogP contribution in [0.3, 0.4) is 0 Å². The lowest BCUT2D eigenvalue weighted by Crippen LogP contribution is -2.51. The second kappa shape index (κ2) is 11.3. The first-order valence-electron chi connectivity index (χ1n) is 10.1. The van der Waals surface area contributed by atoms with Gasteiger partial charge in [-0.25, -0.2) is 4.39 Å². The molecule has 0 spiro atoms. The van der Waals surface area contributed by atoms with E-state index in [1.54, 1.807) is 0 Å². The second-order valence-electron chi connectivity index (χ2n) is 7.36. The summed E-state index contributed by atoms with van der Waals surface area (Å²) in [7, 11) is 0. The first kappa shape index (κ1) is 23.4. The molecule has 0 aliphatic heterocycles. The molecule has 0 saturated heterocycles. The number of aromatic nitrogens is 4. The van der Waals surface area contributed by atoms with E-state index >= 15 is 0 Å². The maximum absolute atomic E-state index is 13.1. The second-order valence-corrected chi connectivity index (χ2v) is 7.36. The van der Waals surface area contributed by atoms with E-state index in [-0.39, 0.29) is 37.2 Å². The molecule has 0 radical (unpaired) electrons. The smallest absolute Gasteiger partial charge is 0.247 e. The van der Waals surface area contributed by atoms with Crippen molar-refractivity contribution in [2.45, 2.75) is 46.2 Å². The SMILES string of the molecule is CC[C@H](C(=O)NCCC(C)C)N(CCO)C(=O)Cn1nnc(-c2ccc(F)cc2)n1. The Morgan fingerprint density at radius 2 is 1.97 bits per heavy atom.